The molecule has 2 aliphatic rings. The second-order valence-corrected chi connectivity index (χ2v) is 16.8. The van der Waals surface area contributed by atoms with Crippen molar-refractivity contribution in [3.05, 3.63) is 226 Å². The van der Waals surface area contributed by atoms with Crippen LogP contribution in [0, 0.1) is 0 Å². The van der Waals surface area contributed by atoms with Crippen molar-refractivity contribution in [2.24, 2.45) is 5.11 Å². The molecule has 2 saturated heterocycles. The molecule has 0 aliphatic carbocycles. The van der Waals surface area contributed by atoms with Crippen LogP contribution in [0.15, 0.2) is 187 Å². The summed E-state index contributed by atoms with van der Waals surface area (Å²) in [5, 5.41) is 14.5. The van der Waals surface area contributed by atoms with E-state index in [1.54, 1.807) is 109 Å². The molecule has 2 heterocycles. The number of esters is 6. The minimum absolute atomic E-state index is 0.0416. The van der Waals surface area contributed by atoms with E-state index in [-0.39, 0.29) is 46.5 Å². The largest absolute Gasteiger partial charge is 0.452 e. The molecule has 10 atom stereocenters. The summed E-state index contributed by atoms with van der Waals surface area (Å²) in [4.78, 5) is 87.0. The Morgan fingerprint density at radius 3 is 1.00 bits per heavy atom. The second-order valence-electron chi connectivity index (χ2n) is 16.8. The molecule has 0 spiro atoms. The number of aliphatic hydroxyl groups excluding tert-OH is 1. The van der Waals surface area contributed by atoms with Gasteiger partial charge in [0.15, 0.2) is 49.2 Å². The van der Waals surface area contributed by atoms with Crippen LogP contribution in [0.5, 0.6) is 0 Å². The fourth-order valence-corrected chi connectivity index (χ4v) is 8.15. The number of azide groups is 1. The first-order valence-corrected chi connectivity index (χ1v) is 23.8. The smallest absolute Gasteiger partial charge is 0.338 e. The van der Waals surface area contributed by atoms with Gasteiger partial charge < -0.3 is 52.5 Å². The van der Waals surface area contributed by atoms with Crippen molar-refractivity contribution in [2.75, 3.05) is 26.4 Å². The molecule has 0 radical (unpaired) electrons. The molecule has 76 heavy (non-hydrogen) atoms. The van der Waals surface area contributed by atoms with Crippen molar-refractivity contribution in [3.63, 3.8) is 0 Å². The number of rotatable bonds is 20. The molecule has 0 unspecified atom stereocenters. The fourth-order valence-electron chi connectivity index (χ4n) is 8.15. The number of ether oxygens (including phenoxy) is 10. The normalized spacial score (nSPS) is 22.8. The highest BCUT2D eigenvalue weighted by atomic mass is 16.8. The molecule has 6 aromatic rings. The summed E-state index contributed by atoms with van der Waals surface area (Å²) in [7, 11) is 0. The molecule has 390 valence electrons. The van der Waals surface area contributed by atoms with E-state index in [1.165, 1.54) is 72.8 Å². The van der Waals surface area contributed by atoms with Gasteiger partial charge in [-0.3, -0.25) is 0 Å². The molecule has 0 bridgehead atoms. The van der Waals surface area contributed by atoms with E-state index < -0.39 is 110 Å². The first-order valence-electron chi connectivity index (χ1n) is 23.8. The van der Waals surface area contributed by atoms with Crippen LogP contribution in [0.3, 0.4) is 0 Å². The Hall–Kier alpha value is -8.75. The highest BCUT2D eigenvalue weighted by molar-refractivity contribution is 5.92. The third kappa shape index (κ3) is 13.7. The van der Waals surface area contributed by atoms with Gasteiger partial charge in [0.1, 0.15) is 12.2 Å². The monoisotopic (exact) mass is 1040 g/mol. The first kappa shape index (κ1) is 53.5. The molecule has 6 aromatic carbocycles. The summed E-state index contributed by atoms with van der Waals surface area (Å²) in [5.41, 5.74) is 9.44. The number of aliphatic hydroxyl groups is 1. The van der Waals surface area contributed by atoms with Crippen LogP contribution in [-0.2, 0) is 47.4 Å². The van der Waals surface area contributed by atoms with Gasteiger partial charge in [-0.1, -0.05) is 114 Å². The SMILES string of the molecule is [N-]=[N+]=NCCO[C@@H]1O[C@H](CO[C@@H]2O[C@H](CO)[C@@H](OC(=O)c3ccccc3)[C@H](OC(=O)c3ccccc3)[C@H]2OC(=O)c2ccccc2)[C@@H](OC(=O)c2ccccc2)[C@H](OC(=O)c2ccccc2)[C@H]1OC(=O)c1ccccc1. The summed E-state index contributed by atoms with van der Waals surface area (Å²) in [6.45, 7) is -2.22. The van der Waals surface area contributed by atoms with Gasteiger partial charge in [-0.15, -0.1) is 0 Å². The van der Waals surface area contributed by atoms with Crippen molar-refractivity contribution in [1.82, 2.24) is 0 Å². The van der Waals surface area contributed by atoms with Crippen LogP contribution in [0.1, 0.15) is 62.1 Å². The van der Waals surface area contributed by atoms with Crippen molar-refractivity contribution in [3.8, 4) is 0 Å². The number of carbonyl (C=O) groups is 6. The predicted octanol–water partition coefficient (Wildman–Crippen LogP) is 7.13. The van der Waals surface area contributed by atoms with Crippen LogP contribution in [0.25, 0.3) is 10.4 Å². The molecule has 20 heteroatoms. The summed E-state index contributed by atoms with van der Waals surface area (Å²) >= 11 is 0. The zero-order valence-corrected chi connectivity index (χ0v) is 40.2. The molecule has 0 saturated carbocycles. The number of carbonyl (C=O) groups excluding carboxylic acids is 6. The number of hydrogen-bond acceptors (Lipinski definition) is 18. The number of benzene rings is 6. The zero-order valence-electron chi connectivity index (χ0n) is 40.2. The number of hydrogen-bond donors (Lipinski definition) is 1. The van der Waals surface area contributed by atoms with Gasteiger partial charge in [-0.2, -0.15) is 0 Å². The van der Waals surface area contributed by atoms with Crippen LogP contribution < -0.4 is 0 Å². The van der Waals surface area contributed by atoms with Gasteiger partial charge in [0, 0.05) is 11.5 Å². The Labute approximate surface area is 434 Å². The molecule has 8 rings (SSSR count). The molecule has 2 fully saturated rings. The third-order valence-corrected chi connectivity index (χ3v) is 11.8. The fraction of sp³-hybridized carbons (Fsp3) is 0.250. The van der Waals surface area contributed by atoms with Gasteiger partial charge in [-0.05, 0) is 78.3 Å². The quantitative estimate of drug-likeness (QED) is 0.0199. The van der Waals surface area contributed by atoms with E-state index >= 15 is 0 Å². The van der Waals surface area contributed by atoms with Gasteiger partial charge >= 0.3 is 35.8 Å². The minimum atomic E-state index is -1.84. The molecule has 20 nitrogen and oxygen atoms in total. The Balaban J connectivity index is 1.21. The summed E-state index contributed by atoms with van der Waals surface area (Å²) in [5.74, 6) is -5.65. The van der Waals surface area contributed by atoms with Crippen LogP contribution in [0.4, 0.5) is 0 Å². The maximum absolute atomic E-state index is 14.2. The van der Waals surface area contributed by atoms with Crippen molar-refractivity contribution in [2.45, 2.75) is 61.4 Å². The van der Waals surface area contributed by atoms with Gasteiger partial charge in [0.25, 0.3) is 0 Å². The molecule has 0 aromatic heterocycles. The average Bonchev–Trinajstić information content (AvgIpc) is 3.49. The third-order valence-electron chi connectivity index (χ3n) is 11.8. The summed E-state index contributed by atoms with van der Waals surface area (Å²) in [6, 6.07) is 46.6. The van der Waals surface area contributed by atoms with E-state index in [0.29, 0.717) is 0 Å². The second kappa shape index (κ2) is 26.5. The van der Waals surface area contributed by atoms with E-state index in [9.17, 15) is 33.9 Å². The van der Waals surface area contributed by atoms with Gasteiger partial charge in [0.05, 0.1) is 53.2 Å². The van der Waals surface area contributed by atoms with Gasteiger partial charge in [0.2, 0.25) is 0 Å². The van der Waals surface area contributed by atoms with Crippen LogP contribution >= 0.6 is 0 Å². The van der Waals surface area contributed by atoms with E-state index in [0.717, 1.165) is 0 Å². The number of nitrogens with zero attached hydrogens (tertiary/aromatic N) is 3. The molecular weight excluding hydrogens is 987 g/mol. The maximum atomic E-state index is 14.2. The van der Waals surface area contributed by atoms with Crippen molar-refractivity contribution >= 4 is 35.8 Å². The summed E-state index contributed by atoms with van der Waals surface area (Å²) < 4.78 is 61.9. The van der Waals surface area contributed by atoms with Crippen LogP contribution in [0.2, 0.25) is 0 Å². The molecule has 1 N–H and O–H groups in total. The molecular formula is C56H49N3O17. The highest BCUT2D eigenvalue weighted by Crippen LogP contribution is 2.35. The van der Waals surface area contributed by atoms with E-state index in [4.69, 9.17) is 52.9 Å². The zero-order chi connectivity index (χ0) is 53.2. The predicted molar refractivity (Wildman–Crippen MR) is 264 cm³/mol. The standard InChI is InChI=1S/C56H49N3O17/c57-59-58-31-32-67-55-47(75-53(65)39-27-15-5-16-28-39)46(74-52(64)38-25-13-4-14-26-38)44(72-50(62)36-21-9-2-10-22-36)42(70-55)34-68-56-48(76-54(66)40-29-17-6-18-30-40)45(73-51(63)37-23-11-3-12-24-37)43(41(33-60)69-56)71-49(61)35-19-7-1-8-20-35/h1-30,41-48,55-56,60H,31-34H2/t41-,42-,43-,44-,45+,46+,47-,48-,55-,56-/m1/s1. The molecule has 0 amide bonds. The van der Waals surface area contributed by atoms with Crippen molar-refractivity contribution in [1.29, 1.82) is 0 Å². The van der Waals surface area contributed by atoms with E-state index in [2.05, 4.69) is 10.0 Å². The lowest BCUT2D eigenvalue weighted by molar-refractivity contribution is -0.328. The first-order chi connectivity index (χ1) is 37.1. The van der Waals surface area contributed by atoms with Crippen molar-refractivity contribution < 1.29 is 81.2 Å². The Kier molecular flexibility index (Phi) is 18.6. The summed E-state index contributed by atoms with van der Waals surface area (Å²) in [6.07, 6.45) is -17.2. The lowest BCUT2D eigenvalue weighted by atomic mass is 9.96. The lowest BCUT2D eigenvalue weighted by Crippen LogP contribution is -2.65. The minimum Gasteiger partial charge on any atom is -0.452 e. The average molecular weight is 1040 g/mol. The lowest BCUT2D eigenvalue weighted by Gasteiger charge is -2.46. The Morgan fingerprint density at radius 2 is 0.684 bits per heavy atom. The topological polar surface area (TPSA) is 264 Å². The molecule has 2 aliphatic heterocycles. The van der Waals surface area contributed by atoms with Gasteiger partial charge in [-0.25, -0.2) is 28.8 Å². The Bertz CT molecular complexity index is 2940. The van der Waals surface area contributed by atoms with E-state index in [1.807, 2.05) is 0 Å². The Morgan fingerprint density at radius 1 is 0.408 bits per heavy atom. The highest BCUT2D eigenvalue weighted by Gasteiger charge is 2.56. The van der Waals surface area contributed by atoms with Crippen LogP contribution in [-0.4, -0.2) is 129 Å². The maximum Gasteiger partial charge on any atom is 0.338 e.